The van der Waals surface area contributed by atoms with Crippen molar-refractivity contribution >= 4 is 34.6 Å². The van der Waals surface area contributed by atoms with E-state index in [0.29, 0.717) is 17.3 Å². The van der Waals surface area contributed by atoms with Crippen molar-refractivity contribution in [2.24, 2.45) is 0 Å². The quantitative estimate of drug-likeness (QED) is 0.0946. The maximum Gasteiger partial charge on any atom is 1.00 e. The number of carboxylic acids is 2. The molecule has 1 heterocycles. The minimum atomic E-state index is -1.37. The van der Waals surface area contributed by atoms with Crippen molar-refractivity contribution in [1.82, 2.24) is 4.98 Å². The summed E-state index contributed by atoms with van der Waals surface area (Å²) in [7, 11) is 1.34. The number of benzene rings is 1. The number of rotatable bonds is 18. The summed E-state index contributed by atoms with van der Waals surface area (Å²) in [5.74, 6) is 3.60. The van der Waals surface area contributed by atoms with Crippen LogP contribution < -0.4 is 74.1 Å². The number of nitrogens with zero attached hydrogens (tertiary/aromatic N) is 1. The van der Waals surface area contributed by atoms with Crippen molar-refractivity contribution in [2.45, 2.75) is 100 Å². The molecule has 10 heteroatoms. The standard InChI is InChI=1S/C31H41NO6S.2Na/c1-3-4-5-6-7-8-9-10-11-12-13-14-17-28(27(33)16-15-18-29(34)35)39-24-20-19-23-21-25(31(36)37)30(38-2)32-26(23)22-24;;/h12-13,19-22,27-28,33H,3-11,15-16,18H2,1-2H3,(H,34,35)(H,36,37);;/q;2*+1/p-2/b13-12+;;/t27-,28+;;/m0../s1. The van der Waals surface area contributed by atoms with Crippen LogP contribution in [0.1, 0.15) is 94.3 Å². The van der Waals surface area contributed by atoms with Gasteiger partial charge in [0.2, 0.25) is 5.88 Å². The van der Waals surface area contributed by atoms with E-state index >= 15 is 0 Å². The zero-order valence-electron chi connectivity index (χ0n) is 24.9. The summed E-state index contributed by atoms with van der Waals surface area (Å²) in [4.78, 5) is 27.2. The van der Waals surface area contributed by atoms with Crippen LogP contribution in [0, 0.1) is 11.8 Å². The van der Waals surface area contributed by atoms with Gasteiger partial charge in [0.05, 0.1) is 35.5 Å². The molecule has 7 nitrogen and oxygen atoms in total. The maximum atomic E-state index is 11.4. The van der Waals surface area contributed by atoms with Gasteiger partial charge in [-0.2, -0.15) is 0 Å². The Balaban J connectivity index is 0.00000800. The Kier molecular flexibility index (Phi) is 22.9. The van der Waals surface area contributed by atoms with Gasteiger partial charge in [-0.25, -0.2) is 4.98 Å². The molecule has 2 aromatic rings. The molecule has 0 radical (unpaired) electrons. The van der Waals surface area contributed by atoms with Gasteiger partial charge in [-0.1, -0.05) is 75.9 Å². The molecule has 0 saturated heterocycles. The molecular weight excluding hydrogens is 560 g/mol. The number of methoxy groups -OCH3 is 1. The molecule has 212 valence electrons. The first kappa shape index (κ1) is 40.0. The minimum Gasteiger partial charge on any atom is -0.550 e. The molecule has 0 unspecified atom stereocenters. The summed E-state index contributed by atoms with van der Waals surface area (Å²) < 4.78 is 5.10. The van der Waals surface area contributed by atoms with Crippen molar-refractivity contribution in [3.05, 3.63) is 42.0 Å². The SMILES string of the molecule is CCCCCCCCCC/C=C/C#C[C@@H](Sc1ccc2cc(C(=O)[O-])c(OC)nc2c1)[C@@H](O)CCCC(=O)[O-].[Na+].[Na+]. The Morgan fingerprint density at radius 3 is 2.37 bits per heavy atom. The number of aliphatic carboxylic acids is 1. The largest absolute Gasteiger partial charge is 1.00 e. The number of aromatic nitrogens is 1. The fraction of sp³-hybridized carbons (Fsp3) is 0.516. The third-order valence-corrected chi connectivity index (χ3v) is 7.52. The molecule has 41 heavy (non-hydrogen) atoms. The van der Waals surface area contributed by atoms with Crippen molar-refractivity contribution in [3.8, 4) is 17.7 Å². The number of hydrogen-bond donors (Lipinski definition) is 1. The Morgan fingerprint density at radius 2 is 1.73 bits per heavy atom. The number of hydrogen-bond acceptors (Lipinski definition) is 8. The number of unbranched alkanes of at least 4 members (excludes halogenated alkanes) is 8. The first-order valence-electron chi connectivity index (χ1n) is 13.8. The van der Waals surface area contributed by atoms with Gasteiger partial charge in [0.15, 0.2) is 0 Å². The van der Waals surface area contributed by atoms with E-state index in [2.05, 4.69) is 29.8 Å². The van der Waals surface area contributed by atoms with E-state index in [1.54, 1.807) is 18.2 Å². The van der Waals surface area contributed by atoms with Gasteiger partial charge in [-0.15, -0.1) is 11.8 Å². The average Bonchev–Trinajstić information content (AvgIpc) is 2.91. The van der Waals surface area contributed by atoms with Crippen molar-refractivity contribution < 1.29 is 88.8 Å². The zero-order valence-corrected chi connectivity index (χ0v) is 29.8. The molecule has 0 aliphatic rings. The van der Waals surface area contributed by atoms with Gasteiger partial charge >= 0.3 is 59.1 Å². The molecule has 2 atom stereocenters. The van der Waals surface area contributed by atoms with E-state index in [1.165, 1.54) is 69.9 Å². The summed E-state index contributed by atoms with van der Waals surface area (Å²) in [6, 6.07) is 6.78. The molecular formula is C31H39NNa2O6S. The smallest absolute Gasteiger partial charge is 0.550 e. The second-order valence-corrected chi connectivity index (χ2v) is 10.7. The predicted octanol–water partition coefficient (Wildman–Crippen LogP) is -1.55. The molecule has 0 bridgehead atoms. The second-order valence-electron chi connectivity index (χ2n) is 9.51. The molecule has 1 aromatic carbocycles. The number of aliphatic hydroxyl groups is 1. The van der Waals surface area contributed by atoms with Crippen LogP contribution in [0.25, 0.3) is 10.9 Å². The van der Waals surface area contributed by atoms with Crippen molar-refractivity contribution in [2.75, 3.05) is 7.11 Å². The van der Waals surface area contributed by atoms with Crippen LogP contribution in [0.3, 0.4) is 0 Å². The Morgan fingerprint density at radius 1 is 1.05 bits per heavy atom. The minimum absolute atomic E-state index is 0. The maximum absolute atomic E-state index is 11.4. The van der Waals surface area contributed by atoms with Crippen LogP contribution in [-0.4, -0.2) is 40.5 Å². The average molecular weight is 600 g/mol. The number of carboxylic acid groups (broad SMARTS) is 2. The van der Waals surface area contributed by atoms with E-state index < -0.39 is 23.3 Å². The van der Waals surface area contributed by atoms with E-state index in [0.717, 1.165) is 17.7 Å². The summed E-state index contributed by atoms with van der Waals surface area (Å²) in [5.41, 5.74) is 0.404. The molecule has 0 amide bonds. The molecule has 0 aliphatic carbocycles. The first-order valence-corrected chi connectivity index (χ1v) is 14.6. The summed E-state index contributed by atoms with van der Waals surface area (Å²) >= 11 is 1.35. The van der Waals surface area contributed by atoms with Gasteiger partial charge in [-0.05, 0) is 56.4 Å². The topological polar surface area (TPSA) is 123 Å². The summed E-state index contributed by atoms with van der Waals surface area (Å²) in [6.07, 6.45) is 14.6. The normalized spacial score (nSPS) is 12.1. The number of aliphatic hydroxyl groups excluding tert-OH is 1. The van der Waals surface area contributed by atoms with E-state index in [9.17, 15) is 24.9 Å². The number of ether oxygens (including phenoxy) is 1. The fourth-order valence-electron chi connectivity index (χ4n) is 4.13. The summed E-state index contributed by atoms with van der Waals surface area (Å²) in [5, 5.41) is 33.1. The third kappa shape index (κ3) is 15.9. The van der Waals surface area contributed by atoms with Crippen LogP contribution in [0.4, 0.5) is 0 Å². The van der Waals surface area contributed by atoms with Gasteiger partial charge in [0.1, 0.15) is 0 Å². The van der Waals surface area contributed by atoms with Crippen LogP contribution in [0.5, 0.6) is 5.88 Å². The molecule has 1 aromatic heterocycles. The fourth-order valence-corrected chi connectivity index (χ4v) is 5.17. The number of thioether (sulfide) groups is 1. The summed E-state index contributed by atoms with van der Waals surface area (Å²) in [6.45, 7) is 2.23. The van der Waals surface area contributed by atoms with E-state index in [4.69, 9.17) is 4.74 Å². The number of fused-ring (bicyclic) bond motifs is 1. The Labute approximate surface area is 292 Å². The van der Waals surface area contributed by atoms with Crippen LogP contribution in [-0.2, 0) is 4.79 Å². The number of allylic oxidation sites excluding steroid dienone is 2. The van der Waals surface area contributed by atoms with Gasteiger partial charge < -0.3 is 29.6 Å². The van der Waals surface area contributed by atoms with Crippen molar-refractivity contribution in [3.63, 3.8) is 0 Å². The van der Waals surface area contributed by atoms with E-state index in [1.807, 2.05) is 6.08 Å². The Hall–Kier alpha value is -1.02. The molecule has 0 aliphatic heterocycles. The first-order chi connectivity index (χ1) is 18.8. The van der Waals surface area contributed by atoms with Crippen LogP contribution in [0.15, 0.2) is 41.3 Å². The molecule has 2 rings (SSSR count). The number of carbonyl (C=O) groups is 2. The van der Waals surface area contributed by atoms with Crippen LogP contribution >= 0.6 is 11.8 Å². The predicted molar refractivity (Wildman–Crippen MR) is 151 cm³/mol. The van der Waals surface area contributed by atoms with Gasteiger partial charge in [-0.3, -0.25) is 0 Å². The third-order valence-electron chi connectivity index (χ3n) is 6.31. The van der Waals surface area contributed by atoms with Crippen molar-refractivity contribution in [1.29, 1.82) is 0 Å². The molecule has 0 spiro atoms. The second kappa shape index (κ2) is 23.4. The monoisotopic (exact) mass is 599 g/mol. The number of pyridine rings is 1. The van der Waals surface area contributed by atoms with Crippen LogP contribution in [0.2, 0.25) is 0 Å². The molecule has 0 fully saturated rings. The van der Waals surface area contributed by atoms with E-state index in [-0.39, 0.29) is 83.4 Å². The number of carbonyl (C=O) groups excluding carboxylic acids is 2. The number of aromatic carboxylic acids is 1. The molecule has 1 N–H and O–H groups in total. The Bertz CT molecular complexity index is 1160. The van der Waals surface area contributed by atoms with Gasteiger partial charge in [0.25, 0.3) is 0 Å². The van der Waals surface area contributed by atoms with Gasteiger partial charge in [0, 0.05) is 16.3 Å². The molecule has 0 saturated carbocycles. The zero-order chi connectivity index (χ0) is 28.5.